The van der Waals surface area contributed by atoms with Crippen LogP contribution in [0.15, 0.2) is 24.3 Å². The summed E-state index contributed by atoms with van der Waals surface area (Å²) in [6, 6.07) is 5.71. The van der Waals surface area contributed by atoms with Crippen molar-refractivity contribution in [2.45, 2.75) is 44.4 Å². The Morgan fingerprint density at radius 3 is 2.39 bits per heavy atom. The number of alkyl halides is 3. The van der Waals surface area contributed by atoms with Crippen molar-refractivity contribution in [3.63, 3.8) is 0 Å². The SMILES string of the molecule is CC(O)(CCCC(F)(F)F)Cc1cccc(F)c1. The molecule has 5 heteroatoms. The molecule has 1 aromatic carbocycles. The molecule has 0 aliphatic rings. The molecule has 18 heavy (non-hydrogen) atoms. The summed E-state index contributed by atoms with van der Waals surface area (Å²) in [6.07, 6.45) is -5.07. The smallest absolute Gasteiger partial charge is 0.389 e. The molecule has 0 aliphatic heterocycles. The number of benzene rings is 1. The highest BCUT2D eigenvalue weighted by Crippen LogP contribution is 2.26. The molecule has 0 aromatic heterocycles. The second kappa shape index (κ2) is 5.69. The predicted octanol–water partition coefficient (Wildman–Crippen LogP) is 3.85. The van der Waals surface area contributed by atoms with Crippen LogP contribution in [-0.4, -0.2) is 16.9 Å². The number of halogens is 4. The molecule has 0 saturated carbocycles. The van der Waals surface area contributed by atoms with E-state index >= 15 is 0 Å². The van der Waals surface area contributed by atoms with Crippen LogP contribution in [0.5, 0.6) is 0 Å². The van der Waals surface area contributed by atoms with Crippen molar-refractivity contribution >= 4 is 0 Å². The third kappa shape index (κ3) is 6.00. The number of hydrogen-bond donors (Lipinski definition) is 1. The topological polar surface area (TPSA) is 20.2 Å². The molecule has 0 amide bonds. The zero-order valence-electron chi connectivity index (χ0n) is 10.1. The van der Waals surface area contributed by atoms with E-state index in [1.807, 2.05) is 0 Å². The van der Waals surface area contributed by atoms with Gasteiger partial charge in [-0.3, -0.25) is 0 Å². The lowest BCUT2D eigenvalue weighted by molar-refractivity contribution is -0.137. The van der Waals surface area contributed by atoms with E-state index in [0.29, 0.717) is 5.56 Å². The first kappa shape index (κ1) is 15.0. The van der Waals surface area contributed by atoms with Crippen LogP contribution in [0, 0.1) is 5.82 Å². The molecule has 0 bridgehead atoms. The van der Waals surface area contributed by atoms with Crippen molar-refractivity contribution in [1.82, 2.24) is 0 Å². The summed E-state index contributed by atoms with van der Waals surface area (Å²) in [5, 5.41) is 9.97. The van der Waals surface area contributed by atoms with E-state index in [4.69, 9.17) is 0 Å². The Morgan fingerprint density at radius 2 is 1.83 bits per heavy atom. The molecular formula is C13H16F4O. The Morgan fingerprint density at radius 1 is 1.17 bits per heavy atom. The third-order valence-electron chi connectivity index (χ3n) is 2.65. The molecule has 0 heterocycles. The molecular weight excluding hydrogens is 248 g/mol. The van der Waals surface area contributed by atoms with Gasteiger partial charge >= 0.3 is 6.18 Å². The van der Waals surface area contributed by atoms with Crippen LogP contribution in [0.25, 0.3) is 0 Å². The fourth-order valence-electron chi connectivity index (χ4n) is 1.84. The summed E-state index contributed by atoms with van der Waals surface area (Å²) in [6.45, 7) is 1.47. The maximum Gasteiger partial charge on any atom is 0.389 e. The summed E-state index contributed by atoms with van der Waals surface area (Å²) in [5.74, 6) is -0.418. The monoisotopic (exact) mass is 264 g/mol. The molecule has 0 aliphatic carbocycles. The molecule has 1 atom stereocenters. The summed E-state index contributed by atoms with van der Waals surface area (Å²) in [7, 11) is 0. The number of hydrogen-bond acceptors (Lipinski definition) is 1. The average molecular weight is 264 g/mol. The van der Waals surface area contributed by atoms with Gasteiger partial charge in [0.1, 0.15) is 5.82 Å². The molecule has 102 valence electrons. The minimum absolute atomic E-state index is 0.0308. The second-order valence-corrected chi connectivity index (χ2v) is 4.77. The van der Waals surface area contributed by atoms with Gasteiger partial charge in [-0.05, 0) is 37.5 Å². The van der Waals surface area contributed by atoms with Gasteiger partial charge in [0.15, 0.2) is 0 Å². The molecule has 0 fully saturated rings. The lowest BCUT2D eigenvalue weighted by Crippen LogP contribution is -2.27. The van der Waals surface area contributed by atoms with Crippen LogP contribution in [0.4, 0.5) is 17.6 Å². The minimum atomic E-state index is -4.20. The van der Waals surface area contributed by atoms with Gasteiger partial charge in [0.25, 0.3) is 0 Å². The van der Waals surface area contributed by atoms with E-state index in [0.717, 1.165) is 0 Å². The molecule has 1 aromatic rings. The van der Waals surface area contributed by atoms with Crippen molar-refractivity contribution in [3.8, 4) is 0 Å². The Kier molecular flexibility index (Phi) is 4.73. The van der Waals surface area contributed by atoms with Crippen molar-refractivity contribution in [3.05, 3.63) is 35.6 Å². The first-order chi connectivity index (χ1) is 8.18. The molecule has 0 spiro atoms. The van der Waals surface area contributed by atoms with E-state index in [2.05, 4.69) is 0 Å². The quantitative estimate of drug-likeness (QED) is 0.801. The van der Waals surface area contributed by atoms with Crippen LogP contribution >= 0.6 is 0 Å². The van der Waals surface area contributed by atoms with Gasteiger partial charge < -0.3 is 5.11 Å². The number of rotatable bonds is 5. The zero-order chi connectivity index (χ0) is 13.8. The maximum absolute atomic E-state index is 12.9. The highest BCUT2D eigenvalue weighted by molar-refractivity contribution is 5.18. The van der Waals surface area contributed by atoms with Gasteiger partial charge in [0.05, 0.1) is 5.60 Å². The van der Waals surface area contributed by atoms with Crippen molar-refractivity contribution in [2.75, 3.05) is 0 Å². The lowest BCUT2D eigenvalue weighted by atomic mass is 9.91. The van der Waals surface area contributed by atoms with Gasteiger partial charge in [-0.1, -0.05) is 12.1 Å². The van der Waals surface area contributed by atoms with Gasteiger partial charge in [-0.15, -0.1) is 0 Å². The van der Waals surface area contributed by atoms with Crippen molar-refractivity contribution < 1.29 is 22.7 Å². The van der Waals surface area contributed by atoms with Crippen LogP contribution in [-0.2, 0) is 6.42 Å². The van der Waals surface area contributed by atoms with E-state index < -0.39 is 24.0 Å². The van der Waals surface area contributed by atoms with Crippen LogP contribution in [0.3, 0.4) is 0 Å². The maximum atomic E-state index is 12.9. The summed E-state index contributed by atoms with van der Waals surface area (Å²) < 4.78 is 48.9. The molecule has 0 saturated heterocycles. The fraction of sp³-hybridized carbons (Fsp3) is 0.538. The Hall–Kier alpha value is -1.10. The fourth-order valence-corrected chi connectivity index (χ4v) is 1.84. The van der Waals surface area contributed by atoms with E-state index in [-0.39, 0.29) is 19.3 Å². The van der Waals surface area contributed by atoms with Gasteiger partial charge in [-0.25, -0.2) is 4.39 Å². The Labute approximate surface area is 103 Å². The third-order valence-corrected chi connectivity index (χ3v) is 2.65. The molecule has 1 nitrogen and oxygen atoms in total. The van der Waals surface area contributed by atoms with Crippen LogP contribution in [0.1, 0.15) is 31.7 Å². The molecule has 1 N–H and O–H groups in total. The normalized spacial score (nSPS) is 15.4. The van der Waals surface area contributed by atoms with Crippen molar-refractivity contribution in [1.29, 1.82) is 0 Å². The van der Waals surface area contributed by atoms with E-state index in [1.54, 1.807) is 6.07 Å². The molecule has 1 rings (SSSR count). The highest BCUT2D eigenvalue weighted by atomic mass is 19.4. The standard InChI is InChI=1S/C13H16F4O/c1-12(18,6-3-7-13(15,16)17)9-10-4-2-5-11(14)8-10/h2,4-5,8,18H,3,6-7,9H2,1H3. The average Bonchev–Trinajstić information content (AvgIpc) is 2.13. The first-order valence-electron chi connectivity index (χ1n) is 5.72. The summed E-state index contributed by atoms with van der Waals surface area (Å²) in [5.41, 5.74) is -0.675. The predicted molar refractivity (Wildman–Crippen MR) is 60.6 cm³/mol. The molecule has 0 radical (unpaired) electrons. The first-order valence-corrected chi connectivity index (χ1v) is 5.72. The molecule has 1 unspecified atom stereocenters. The summed E-state index contributed by atoms with van der Waals surface area (Å²) in [4.78, 5) is 0. The van der Waals surface area contributed by atoms with Crippen LogP contribution in [0.2, 0.25) is 0 Å². The largest absolute Gasteiger partial charge is 0.390 e. The minimum Gasteiger partial charge on any atom is -0.390 e. The summed E-state index contributed by atoms with van der Waals surface area (Å²) >= 11 is 0. The van der Waals surface area contributed by atoms with Crippen molar-refractivity contribution in [2.24, 2.45) is 0 Å². The Bertz CT molecular complexity index is 385. The highest BCUT2D eigenvalue weighted by Gasteiger charge is 2.29. The van der Waals surface area contributed by atoms with E-state index in [9.17, 15) is 22.7 Å². The van der Waals surface area contributed by atoms with Gasteiger partial charge in [0.2, 0.25) is 0 Å². The Balaban J connectivity index is 2.49. The second-order valence-electron chi connectivity index (χ2n) is 4.77. The van der Waals surface area contributed by atoms with Gasteiger partial charge in [-0.2, -0.15) is 13.2 Å². The van der Waals surface area contributed by atoms with Gasteiger partial charge in [0, 0.05) is 12.8 Å². The number of aliphatic hydroxyl groups is 1. The van der Waals surface area contributed by atoms with E-state index in [1.165, 1.54) is 25.1 Å². The van der Waals surface area contributed by atoms with Crippen LogP contribution < -0.4 is 0 Å². The lowest BCUT2D eigenvalue weighted by Gasteiger charge is -2.23. The zero-order valence-corrected chi connectivity index (χ0v) is 10.1.